The number of hydrogen-bond donors (Lipinski definition) is 2. The maximum absolute atomic E-state index is 13.7. The van der Waals surface area contributed by atoms with Gasteiger partial charge in [-0.1, -0.05) is 12.1 Å². The summed E-state index contributed by atoms with van der Waals surface area (Å²) in [6, 6.07) is 4.38. The number of carbonyl (C=O) groups is 4. The maximum atomic E-state index is 13.7. The van der Waals surface area contributed by atoms with Gasteiger partial charge in [0.1, 0.15) is 17.0 Å². The van der Waals surface area contributed by atoms with Gasteiger partial charge in [-0.3, -0.25) is 19.2 Å². The number of ketones is 1. The molecule has 0 spiro atoms. The van der Waals surface area contributed by atoms with Crippen molar-refractivity contribution in [2.24, 2.45) is 5.41 Å². The van der Waals surface area contributed by atoms with Gasteiger partial charge in [0.25, 0.3) is 0 Å². The predicted octanol–water partition coefficient (Wildman–Crippen LogP) is 5.32. The number of amides is 3. The second-order valence-electron chi connectivity index (χ2n) is 11.1. The Morgan fingerprint density at radius 3 is 1.89 bits per heavy atom. The standard InChI is InChI=1S/C28H22F9N3O4/c29-26(30,31)15-9-14(10-16(11-15)27(32,33)34)13-40-19-4-2-1-3-17(19)20(41)12-18(21(40)42)38-23(44)25(7-8-25)39-22(43)24(5-6-24)28(35,36)37/h1-4,9-11,18H,5-8,12-13H2,(H,38,44)(H,39,43)/t18-/m1/s1. The number of halogens is 9. The van der Waals surface area contributed by atoms with E-state index in [1.807, 2.05) is 0 Å². The summed E-state index contributed by atoms with van der Waals surface area (Å²) in [6.45, 7) is -0.863. The van der Waals surface area contributed by atoms with E-state index in [4.69, 9.17) is 0 Å². The molecule has 1 atom stereocenters. The Bertz CT molecular complexity index is 1510. The largest absolute Gasteiger partial charge is 0.416 e. The lowest BCUT2D eigenvalue weighted by atomic mass is 10.0. The molecular weight excluding hydrogens is 613 g/mol. The van der Waals surface area contributed by atoms with Gasteiger partial charge in [0.15, 0.2) is 5.78 Å². The van der Waals surface area contributed by atoms with E-state index in [1.165, 1.54) is 24.3 Å². The third kappa shape index (κ3) is 5.73. The Morgan fingerprint density at radius 1 is 0.818 bits per heavy atom. The summed E-state index contributed by atoms with van der Waals surface area (Å²) in [4.78, 5) is 53.3. The first kappa shape index (κ1) is 31.3. The number of Topliss-reactive ketones (excluding diaryl/α,β-unsaturated/α-hetero) is 1. The van der Waals surface area contributed by atoms with Gasteiger partial charge in [-0.15, -0.1) is 0 Å². The van der Waals surface area contributed by atoms with E-state index in [0.29, 0.717) is 12.1 Å². The van der Waals surface area contributed by atoms with Crippen LogP contribution in [-0.4, -0.2) is 41.3 Å². The van der Waals surface area contributed by atoms with Crippen LogP contribution in [0, 0.1) is 5.41 Å². The minimum absolute atomic E-state index is 0.0677. The fourth-order valence-electron chi connectivity index (χ4n) is 5.13. The molecule has 2 aliphatic carbocycles. The van der Waals surface area contributed by atoms with E-state index >= 15 is 0 Å². The average Bonchev–Trinajstić information content (AvgIpc) is 3.84. The third-order valence-electron chi connectivity index (χ3n) is 8.01. The number of hydrogen-bond acceptors (Lipinski definition) is 4. The molecule has 2 aromatic carbocycles. The zero-order valence-electron chi connectivity index (χ0n) is 22.3. The molecule has 0 aromatic heterocycles. The predicted molar refractivity (Wildman–Crippen MR) is 133 cm³/mol. The number of fused-ring (bicyclic) bond motifs is 1. The van der Waals surface area contributed by atoms with Crippen molar-refractivity contribution in [1.29, 1.82) is 0 Å². The van der Waals surface area contributed by atoms with Crippen LogP contribution in [0.2, 0.25) is 0 Å². The summed E-state index contributed by atoms with van der Waals surface area (Å²) >= 11 is 0. The highest BCUT2D eigenvalue weighted by atomic mass is 19.4. The molecule has 2 saturated carbocycles. The lowest BCUT2D eigenvalue weighted by molar-refractivity contribution is -0.193. The average molecular weight is 635 g/mol. The minimum Gasteiger partial charge on any atom is -0.342 e. The number of para-hydroxylation sites is 1. The van der Waals surface area contributed by atoms with Crippen molar-refractivity contribution in [1.82, 2.24) is 10.6 Å². The summed E-state index contributed by atoms with van der Waals surface area (Å²) in [5.74, 6) is -4.23. The number of anilines is 1. The number of nitrogens with zero attached hydrogens (tertiary/aromatic N) is 1. The SMILES string of the molecule is O=C1C[C@@H](NC(=O)C2(NC(=O)C3(C(F)(F)F)CC3)CC2)C(=O)N(Cc2cc(C(F)(F)F)cc(C(F)(F)F)c2)c2ccccc21. The Morgan fingerprint density at radius 2 is 1.39 bits per heavy atom. The fraction of sp³-hybridized carbons (Fsp3) is 0.429. The Kier molecular flexibility index (Phi) is 7.28. The molecule has 0 radical (unpaired) electrons. The van der Waals surface area contributed by atoms with Gasteiger partial charge in [0.05, 0.1) is 23.4 Å². The van der Waals surface area contributed by atoms with Crippen LogP contribution in [-0.2, 0) is 33.3 Å². The lowest BCUT2D eigenvalue weighted by Gasteiger charge is -2.28. The van der Waals surface area contributed by atoms with Crippen LogP contribution in [0.5, 0.6) is 0 Å². The summed E-state index contributed by atoms with van der Waals surface area (Å²) in [7, 11) is 0. The van der Waals surface area contributed by atoms with Crippen molar-refractivity contribution in [2.45, 2.75) is 68.8 Å². The first-order valence-corrected chi connectivity index (χ1v) is 13.2. The lowest BCUT2D eigenvalue weighted by Crippen LogP contribution is -2.57. The molecule has 0 bridgehead atoms. The van der Waals surface area contributed by atoms with Crippen LogP contribution < -0.4 is 15.5 Å². The summed E-state index contributed by atoms with van der Waals surface area (Å²) < 4.78 is 121. The maximum Gasteiger partial charge on any atom is 0.416 e. The zero-order valence-corrected chi connectivity index (χ0v) is 22.3. The van der Waals surface area contributed by atoms with Crippen molar-refractivity contribution in [3.8, 4) is 0 Å². The monoisotopic (exact) mass is 635 g/mol. The first-order valence-electron chi connectivity index (χ1n) is 13.2. The Hall–Kier alpha value is -4.11. The topological polar surface area (TPSA) is 95.6 Å². The minimum atomic E-state index is -5.17. The molecule has 16 heteroatoms. The molecule has 3 amide bonds. The second-order valence-corrected chi connectivity index (χ2v) is 11.1. The number of carbonyl (C=O) groups excluding carboxylic acids is 4. The Labute approximate surface area is 242 Å². The van der Waals surface area contributed by atoms with Crippen molar-refractivity contribution in [3.05, 3.63) is 64.7 Å². The fourth-order valence-corrected chi connectivity index (χ4v) is 5.13. The van der Waals surface area contributed by atoms with Gasteiger partial charge in [-0.05, 0) is 61.6 Å². The summed E-state index contributed by atoms with van der Waals surface area (Å²) in [5, 5.41) is 4.40. The second kappa shape index (κ2) is 10.2. The van der Waals surface area contributed by atoms with Gasteiger partial charge in [0, 0.05) is 12.0 Å². The highest BCUT2D eigenvalue weighted by Gasteiger charge is 2.70. The molecule has 2 aromatic rings. The van der Waals surface area contributed by atoms with Crippen LogP contribution in [0.25, 0.3) is 0 Å². The molecule has 5 rings (SSSR count). The molecule has 2 fully saturated rings. The molecule has 3 aliphatic rings. The molecule has 0 unspecified atom stereocenters. The van der Waals surface area contributed by atoms with E-state index in [1.54, 1.807) is 0 Å². The molecule has 44 heavy (non-hydrogen) atoms. The molecule has 1 aliphatic heterocycles. The van der Waals surface area contributed by atoms with Crippen molar-refractivity contribution in [2.75, 3.05) is 4.90 Å². The number of nitrogens with one attached hydrogen (secondary N) is 2. The summed E-state index contributed by atoms with van der Waals surface area (Å²) in [6.07, 6.45) is -16.9. The molecule has 2 N–H and O–H groups in total. The van der Waals surface area contributed by atoms with Crippen LogP contribution in [0.1, 0.15) is 59.2 Å². The molecular formula is C28H22F9N3O4. The summed E-state index contributed by atoms with van der Waals surface area (Å²) in [5.41, 5.74) is -8.49. The van der Waals surface area contributed by atoms with E-state index in [9.17, 15) is 58.7 Å². The number of rotatable bonds is 6. The van der Waals surface area contributed by atoms with Crippen molar-refractivity contribution >= 4 is 29.2 Å². The van der Waals surface area contributed by atoms with E-state index < -0.39 is 102 Å². The van der Waals surface area contributed by atoms with Crippen LogP contribution >= 0.6 is 0 Å². The molecule has 1 heterocycles. The van der Waals surface area contributed by atoms with Crippen molar-refractivity contribution in [3.63, 3.8) is 0 Å². The molecule has 0 saturated heterocycles. The molecule has 236 valence electrons. The number of alkyl halides is 9. The van der Waals surface area contributed by atoms with E-state index in [0.717, 1.165) is 4.90 Å². The van der Waals surface area contributed by atoms with Gasteiger partial charge in [-0.2, -0.15) is 39.5 Å². The normalized spacial score (nSPS) is 20.8. The first-order chi connectivity index (χ1) is 20.3. The smallest absolute Gasteiger partial charge is 0.342 e. The molecule has 7 nitrogen and oxygen atoms in total. The highest BCUT2D eigenvalue weighted by molar-refractivity contribution is 6.13. The van der Waals surface area contributed by atoms with E-state index in [-0.39, 0.29) is 30.2 Å². The van der Waals surface area contributed by atoms with Crippen LogP contribution in [0.15, 0.2) is 42.5 Å². The highest BCUT2D eigenvalue weighted by Crippen LogP contribution is 2.58. The van der Waals surface area contributed by atoms with Gasteiger partial charge >= 0.3 is 18.5 Å². The van der Waals surface area contributed by atoms with Gasteiger partial charge < -0.3 is 15.5 Å². The zero-order chi connectivity index (χ0) is 32.5. The van der Waals surface area contributed by atoms with Crippen LogP contribution in [0.3, 0.4) is 0 Å². The quantitative estimate of drug-likeness (QED) is 0.421. The Balaban J connectivity index is 1.44. The van der Waals surface area contributed by atoms with E-state index in [2.05, 4.69) is 10.6 Å². The van der Waals surface area contributed by atoms with Crippen LogP contribution in [0.4, 0.5) is 45.2 Å². The van der Waals surface area contributed by atoms with Gasteiger partial charge in [0.2, 0.25) is 17.7 Å². The number of benzene rings is 2. The third-order valence-corrected chi connectivity index (χ3v) is 8.01. The van der Waals surface area contributed by atoms with Gasteiger partial charge in [-0.25, -0.2) is 0 Å². The van der Waals surface area contributed by atoms with Crippen molar-refractivity contribution < 1.29 is 58.7 Å².